The van der Waals surface area contributed by atoms with Gasteiger partial charge in [0.25, 0.3) is 0 Å². The van der Waals surface area contributed by atoms with Crippen LogP contribution in [0.15, 0.2) is 59.6 Å². The summed E-state index contributed by atoms with van der Waals surface area (Å²) in [6.07, 6.45) is 0. The maximum atomic E-state index is 13.8. The molecular weight excluding hydrogens is 341 g/mol. The zero-order valence-corrected chi connectivity index (χ0v) is 15.8. The molecule has 0 aliphatic rings. The van der Waals surface area contributed by atoms with Gasteiger partial charge in [-0.15, -0.1) is 0 Å². The minimum atomic E-state index is -0.226. The molecule has 0 radical (unpaired) electrons. The maximum absolute atomic E-state index is 13.8. The molecule has 0 spiro atoms. The van der Waals surface area contributed by atoms with Crippen molar-refractivity contribution in [3.63, 3.8) is 0 Å². The number of fused-ring (bicyclic) bond motifs is 1. The van der Waals surface area contributed by atoms with Crippen molar-refractivity contribution >= 4 is 22.7 Å². The zero-order chi connectivity index (χ0) is 19.2. The van der Waals surface area contributed by atoms with Gasteiger partial charge in [-0.05, 0) is 23.8 Å². The molecule has 1 aromatic heterocycles. The quantitative estimate of drug-likeness (QED) is 0.538. The number of hydrogen-bond donors (Lipinski definition) is 2. The van der Waals surface area contributed by atoms with Gasteiger partial charge in [0.15, 0.2) is 5.96 Å². The van der Waals surface area contributed by atoms with Crippen LogP contribution < -0.4 is 15.5 Å². The van der Waals surface area contributed by atoms with Crippen LogP contribution in [0.1, 0.15) is 11.1 Å². The van der Waals surface area contributed by atoms with Gasteiger partial charge in [-0.1, -0.05) is 36.4 Å². The lowest BCUT2D eigenvalue weighted by molar-refractivity contribution is 0.604. The third-order valence-corrected chi connectivity index (χ3v) is 4.32. The van der Waals surface area contributed by atoms with Crippen LogP contribution in [-0.2, 0) is 13.1 Å². The Morgan fingerprint density at radius 1 is 1.00 bits per heavy atom. The second-order valence-corrected chi connectivity index (χ2v) is 6.42. The average molecular weight is 365 g/mol. The lowest BCUT2D eigenvalue weighted by atomic mass is 10.1. The van der Waals surface area contributed by atoms with E-state index in [1.165, 1.54) is 6.07 Å². The van der Waals surface area contributed by atoms with Crippen molar-refractivity contribution in [3.05, 3.63) is 71.5 Å². The molecule has 0 unspecified atom stereocenters. The summed E-state index contributed by atoms with van der Waals surface area (Å²) >= 11 is 0. The third-order valence-electron chi connectivity index (χ3n) is 4.32. The molecule has 3 rings (SSSR count). The number of rotatable bonds is 5. The Morgan fingerprint density at radius 2 is 1.67 bits per heavy atom. The number of aromatic nitrogens is 1. The smallest absolute Gasteiger partial charge is 0.191 e. The lowest BCUT2D eigenvalue weighted by Gasteiger charge is -2.17. The molecule has 6 heteroatoms. The molecule has 1 heterocycles. The van der Waals surface area contributed by atoms with Gasteiger partial charge in [0.1, 0.15) is 11.6 Å². The van der Waals surface area contributed by atoms with Crippen LogP contribution in [-0.4, -0.2) is 32.1 Å². The normalized spacial score (nSPS) is 11.5. The number of benzene rings is 2. The van der Waals surface area contributed by atoms with Crippen molar-refractivity contribution in [2.75, 3.05) is 26.0 Å². The summed E-state index contributed by atoms with van der Waals surface area (Å²) in [5, 5.41) is 7.56. The van der Waals surface area contributed by atoms with Gasteiger partial charge in [0, 0.05) is 45.2 Å². The Hall–Kier alpha value is -3.15. The highest BCUT2D eigenvalue weighted by Crippen LogP contribution is 2.22. The van der Waals surface area contributed by atoms with Gasteiger partial charge in [0.05, 0.1) is 5.52 Å². The molecule has 3 aromatic rings. The topological polar surface area (TPSA) is 52.6 Å². The highest BCUT2D eigenvalue weighted by molar-refractivity contribution is 5.85. The number of para-hydroxylation sites is 1. The SMILES string of the molecule is CN=C(NCc1ccccc1F)NCc1cc(N(C)C)nc2ccccc12. The number of halogens is 1. The van der Waals surface area contributed by atoms with Crippen molar-refractivity contribution in [1.29, 1.82) is 0 Å². The molecule has 5 nitrogen and oxygen atoms in total. The highest BCUT2D eigenvalue weighted by Gasteiger charge is 2.08. The Bertz CT molecular complexity index is 952. The number of pyridine rings is 1. The summed E-state index contributed by atoms with van der Waals surface area (Å²) in [4.78, 5) is 10.9. The largest absolute Gasteiger partial charge is 0.363 e. The van der Waals surface area contributed by atoms with Crippen LogP contribution in [0.4, 0.5) is 10.2 Å². The molecule has 0 bridgehead atoms. The Balaban J connectivity index is 1.74. The average Bonchev–Trinajstić information content (AvgIpc) is 2.68. The molecule has 0 amide bonds. The third kappa shape index (κ3) is 4.53. The van der Waals surface area contributed by atoms with E-state index in [0.29, 0.717) is 24.6 Å². The van der Waals surface area contributed by atoms with Gasteiger partial charge in [-0.3, -0.25) is 4.99 Å². The number of guanidine groups is 1. The van der Waals surface area contributed by atoms with Crippen molar-refractivity contribution in [2.24, 2.45) is 4.99 Å². The molecule has 0 saturated heterocycles. The molecule has 2 N–H and O–H groups in total. The standard InChI is InChI=1S/C21H24FN5/c1-23-21(24-13-15-8-4-6-10-18(15)22)25-14-16-12-20(27(2)3)26-19-11-7-5-9-17(16)19/h4-12H,13-14H2,1-3H3,(H2,23,24,25). The van der Waals surface area contributed by atoms with Crippen LogP contribution in [0, 0.1) is 5.82 Å². The molecule has 0 aliphatic heterocycles. The molecule has 0 aliphatic carbocycles. The van der Waals surface area contributed by atoms with Crippen molar-refractivity contribution < 1.29 is 4.39 Å². The first-order chi connectivity index (χ1) is 13.1. The molecular formula is C21H24FN5. The molecule has 2 aromatic carbocycles. The van der Waals surface area contributed by atoms with E-state index in [9.17, 15) is 4.39 Å². The van der Waals surface area contributed by atoms with E-state index in [0.717, 1.165) is 22.3 Å². The van der Waals surface area contributed by atoms with Gasteiger partial charge < -0.3 is 15.5 Å². The van der Waals surface area contributed by atoms with E-state index in [1.807, 2.05) is 43.3 Å². The fourth-order valence-corrected chi connectivity index (χ4v) is 2.83. The summed E-state index contributed by atoms with van der Waals surface area (Å²) in [5.74, 6) is 1.29. The highest BCUT2D eigenvalue weighted by atomic mass is 19.1. The molecule has 27 heavy (non-hydrogen) atoms. The van der Waals surface area contributed by atoms with E-state index in [1.54, 1.807) is 19.2 Å². The summed E-state index contributed by atoms with van der Waals surface area (Å²) < 4.78 is 13.8. The van der Waals surface area contributed by atoms with Gasteiger partial charge in [0.2, 0.25) is 0 Å². The first kappa shape index (κ1) is 18.6. The first-order valence-corrected chi connectivity index (χ1v) is 8.82. The van der Waals surface area contributed by atoms with E-state index in [2.05, 4.69) is 32.7 Å². The Kier molecular flexibility index (Phi) is 5.86. The molecule has 140 valence electrons. The number of aliphatic imine (C=N–C) groups is 1. The summed E-state index contributed by atoms with van der Waals surface area (Å²) in [5.41, 5.74) is 2.68. The summed E-state index contributed by atoms with van der Waals surface area (Å²) in [7, 11) is 5.65. The van der Waals surface area contributed by atoms with Crippen molar-refractivity contribution in [3.8, 4) is 0 Å². The fourth-order valence-electron chi connectivity index (χ4n) is 2.83. The monoisotopic (exact) mass is 365 g/mol. The molecule has 0 saturated carbocycles. The Labute approximate surface area is 158 Å². The van der Waals surface area contributed by atoms with E-state index < -0.39 is 0 Å². The van der Waals surface area contributed by atoms with Gasteiger partial charge in [-0.25, -0.2) is 9.37 Å². The van der Waals surface area contributed by atoms with Crippen LogP contribution in [0.2, 0.25) is 0 Å². The predicted molar refractivity (Wildman–Crippen MR) is 110 cm³/mol. The predicted octanol–water partition coefficient (Wildman–Crippen LogP) is 3.31. The maximum Gasteiger partial charge on any atom is 0.191 e. The van der Waals surface area contributed by atoms with Crippen LogP contribution in [0.3, 0.4) is 0 Å². The van der Waals surface area contributed by atoms with Crippen LogP contribution >= 0.6 is 0 Å². The number of nitrogens with one attached hydrogen (secondary N) is 2. The number of hydrogen-bond acceptors (Lipinski definition) is 3. The number of nitrogens with zero attached hydrogens (tertiary/aromatic N) is 3. The molecule has 0 fully saturated rings. The summed E-state index contributed by atoms with van der Waals surface area (Å²) in [6.45, 7) is 0.952. The minimum Gasteiger partial charge on any atom is -0.363 e. The minimum absolute atomic E-state index is 0.226. The Morgan fingerprint density at radius 3 is 2.37 bits per heavy atom. The summed E-state index contributed by atoms with van der Waals surface area (Å²) in [6, 6.07) is 16.9. The zero-order valence-electron chi connectivity index (χ0n) is 15.8. The van der Waals surface area contributed by atoms with Crippen LogP contribution in [0.5, 0.6) is 0 Å². The van der Waals surface area contributed by atoms with E-state index in [4.69, 9.17) is 0 Å². The lowest BCUT2D eigenvalue weighted by Crippen LogP contribution is -2.36. The number of anilines is 1. The second kappa shape index (κ2) is 8.49. The molecule has 0 atom stereocenters. The van der Waals surface area contributed by atoms with E-state index >= 15 is 0 Å². The second-order valence-electron chi connectivity index (χ2n) is 6.42. The van der Waals surface area contributed by atoms with E-state index in [-0.39, 0.29) is 5.82 Å². The van der Waals surface area contributed by atoms with Crippen LogP contribution in [0.25, 0.3) is 10.9 Å². The first-order valence-electron chi connectivity index (χ1n) is 8.82. The van der Waals surface area contributed by atoms with Gasteiger partial charge >= 0.3 is 0 Å². The van der Waals surface area contributed by atoms with Crippen molar-refractivity contribution in [2.45, 2.75) is 13.1 Å². The van der Waals surface area contributed by atoms with Gasteiger partial charge in [-0.2, -0.15) is 0 Å². The fraction of sp³-hybridized carbons (Fsp3) is 0.238. The van der Waals surface area contributed by atoms with Crippen molar-refractivity contribution in [1.82, 2.24) is 15.6 Å².